The zero-order valence-corrected chi connectivity index (χ0v) is 23.3. The van der Waals surface area contributed by atoms with Crippen LogP contribution in [0, 0.1) is 5.82 Å². The van der Waals surface area contributed by atoms with Crippen molar-refractivity contribution in [2.45, 2.75) is 71.2 Å². The Balaban J connectivity index is 1.92. The number of carbonyl (C=O) groups is 2. The van der Waals surface area contributed by atoms with Crippen LogP contribution < -0.4 is 15.8 Å². The minimum absolute atomic E-state index is 0.00759. The van der Waals surface area contributed by atoms with Gasteiger partial charge in [-0.15, -0.1) is 6.58 Å². The van der Waals surface area contributed by atoms with Crippen LogP contribution in [0.15, 0.2) is 35.6 Å². The summed E-state index contributed by atoms with van der Waals surface area (Å²) in [6.07, 6.45) is 3.72. The van der Waals surface area contributed by atoms with E-state index in [1.54, 1.807) is 40.0 Å². The predicted octanol–water partition coefficient (Wildman–Crippen LogP) is 4.12. The van der Waals surface area contributed by atoms with E-state index in [0.717, 1.165) is 0 Å². The molecule has 212 valence electrons. The number of benzene rings is 1. The summed E-state index contributed by atoms with van der Waals surface area (Å²) in [4.78, 5) is 46.8. The Morgan fingerprint density at radius 2 is 2.03 bits per heavy atom. The van der Waals surface area contributed by atoms with E-state index in [9.17, 15) is 23.9 Å². The molecule has 11 heteroatoms. The molecule has 0 aliphatic carbocycles. The first kappa shape index (κ1) is 29.7. The highest BCUT2D eigenvalue weighted by Crippen LogP contribution is 2.30. The molecule has 1 aliphatic rings. The minimum atomic E-state index is -0.765. The molecule has 1 aromatic heterocycles. The lowest BCUT2D eigenvalue weighted by molar-refractivity contribution is 0.0202. The minimum Gasteiger partial charge on any atom is -0.501 e. The third-order valence-corrected chi connectivity index (χ3v) is 6.51. The van der Waals surface area contributed by atoms with Gasteiger partial charge in [0.05, 0.1) is 6.04 Å². The average molecular weight is 544 g/mol. The molecule has 1 aromatic carbocycles. The van der Waals surface area contributed by atoms with Crippen molar-refractivity contribution >= 4 is 17.7 Å². The van der Waals surface area contributed by atoms with Gasteiger partial charge in [0, 0.05) is 39.4 Å². The molecule has 0 radical (unpaired) electrons. The Morgan fingerprint density at radius 3 is 2.69 bits per heavy atom. The number of aromatic nitrogens is 2. The predicted molar refractivity (Wildman–Crippen MR) is 146 cm³/mol. The zero-order chi connectivity index (χ0) is 28.9. The van der Waals surface area contributed by atoms with Crippen LogP contribution in [0.5, 0.6) is 5.75 Å². The standard InChI is InChI=1S/C28H38FN5O5/c1-7-8-14-32(5)21-16-19(29)13-12-18(21)17-30-25(36)22-23(35)26(37)34-15-10-9-11-20(24(34)31-22)33(6)27(38)39-28(2,3)4/h7,12-13,16,20,35H,1,8-11,14-15,17H2,2-6H3,(H,30,36). The molecule has 39 heavy (non-hydrogen) atoms. The number of fused-ring (bicyclic) bond motifs is 1. The van der Waals surface area contributed by atoms with E-state index >= 15 is 0 Å². The van der Waals surface area contributed by atoms with Crippen LogP contribution in [0.25, 0.3) is 0 Å². The van der Waals surface area contributed by atoms with Gasteiger partial charge in [-0.1, -0.05) is 12.1 Å². The highest BCUT2D eigenvalue weighted by molar-refractivity contribution is 5.94. The van der Waals surface area contributed by atoms with Gasteiger partial charge in [0.2, 0.25) is 5.75 Å². The number of anilines is 1. The van der Waals surface area contributed by atoms with E-state index in [4.69, 9.17) is 4.74 Å². The van der Waals surface area contributed by atoms with Crippen LogP contribution >= 0.6 is 0 Å². The van der Waals surface area contributed by atoms with Crippen molar-refractivity contribution in [3.05, 3.63) is 64.1 Å². The van der Waals surface area contributed by atoms with Crippen LogP contribution in [-0.2, 0) is 17.8 Å². The van der Waals surface area contributed by atoms with Crippen LogP contribution in [0.4, 0.5) is 14.9 Å². The van der Waals surface area contributed by atoms with Gasteiger partial charge in [0.25, 0.3) is 11.5 Å². The third-order valence-electron chi connectivity index (χ3n) is 6.51. The Labute approximate surface area is 228 Å². The summed E-state index contributed by atoms with van der Waals surface area (Å²) in [5, 5.41) is 13.3. The molecular formula is C28H38FN5O5. The number of ether oxygens (including phenoxy) is 1. The topological polar surface area (TPSA) is 117 Å². The smallest absolute Gasteiger partial charge is 0.410 e. The largest absolute Gasteiger partial charge is 0.501 e. The summed E-state index contributed by atoms with van der Waals surface area (Å²) in [6.45, 7) is 9.88. The van der Waals surface area contributed by atoms with Crippen LogP contribution in [-0.4, -0.2) is 57.8 Å². The van der Waals surface area contributed by atoms with Crippen molar-refractivity contribution in [1.82, 2.24) is 19.8 Å². The molecule has 2 heterocycles. The molecule has 0 saturated heterocycles. The number of nitrogens with zero attached hydrogens (tertiary/aromatic N) is 4. The summed E-state index contributed by atoms with van der Waals surface area (Å²) >= 11 is 0. The molecule has 0 bridgehead atoms. The van der Waals surface area contributed by atoms with E-state index in [1.165, 1.54) is 21.6 Å². The molecule has 1 unspecified atom stereocenters. The van der Waals surface area contributed by atoms with Crippen molar-refractivity contribution in [1.29, 1.82) is 0 Å². The first-order valence-electron chi connectivity index (χ1n) is 13.0. The maximum atomic E-state index is 14.0. The fraction of sp³-hybridized carbons (Fsp3) is 0.500. The molecule has 2 N–H and O–H groups in total. The van der Waals surface area contributed by atoms with Gasteiger partial charge in [-0.3, -0.25) is 14.2 Å². The van der Waals surface area contributed by atoms with Crippen molar-refractivity contribution < 1.29 is 23.8 Å². The highest BCUT2D eigenvalue weighted by atomic mass is 19.1. The van der Waals surface area contributed by atoms with Gasteiger partial charge in [0.1, 0.15) is 17.2 Å². The first-order chi connectivity index (χ1) is 18.3. The van der Waals surface area contributed by atoms with E-state index in [0.29, 0.717) is 50.0 Å². The van der Waals surface area contributed by atoms with Crippen LogP contribution in [0.3, 0.4) is 0 Å². The third kappa shape index (κ3) is 7.15. The number of rotatable bonds is 8. The van der Waals surface area contributed by atoms with Crippen LogP contribution in [0.1, 0.15) is 74.4 Å². The Bertz CT molecular complexity index is 1290. The number of hydrogen-bond donors (Lipinski definition) is 2. The normalized spacial score (nSPS) is 15.1. The quantitative estimate of drug-likeness (QED) is 0.481. The Kier molecular flexibility index (Phi) is 9.36. The SMILES string of the molecule is C=CCCN(C)c1cc(F)ccc1CNC(=O)c1nc2n(c(=O)c1O)CCCCC2N(C)C(=O)OC(C)(C)C. The second kappa shape index (κ2) is 12.3. The van der Waals surface area contributed by atoms with E-state index in [-0.39, 0.29) is 12.4 Å². The molecule has 10 nitrogen and oxygen atoms in total. The number of hydrogen-bond acceptors (Lipinski definition) is 7. The fourth-order valence-corrected chi connectivity index (χ4v) is 4.46. The second-order valence-electron chi connectivity index (χ2n) is 10.7. The van der Waals surface area contributed by atoms with E-state index in [2.05, 4.69) is 16.9 Å². The van der Waals surface area contributed by atoms with E-state index < -0.39 is 46.5 Å². The second-order valence-corrected chi connectivity index (χ2v) is 10.7. The molecule has 1 aliphatic heterocycles. The number of aromatic hydroxyl groups is 1. The lowest BCUT2D eigenvalue weighted by Gasteiger charge is -2.30. The van der Waals surface area contributed by atoms with Gasteiger partial charge in [-0.25, -0.2) is 14.2 Å². The molecule has 2 aromatic rings. The van der Waals surface area contributed by atoms with Gasteiger partial charge in [-0.05, 0) is 64.2 Å². The number of carbonyl (C=O) groups excluding carboxylic acids is 2. The number of nitrogens with one attached hydrogen (secondary N) is 1. The Hall–Kier alpha value is -3.89. The van der Waals surface area contributed by atoms with Crippen molar-refractivity contribution in [3.8, 4) is 5.75 Å². The molecule has 0 saturated carbocycles. The van der Waals surface area contributed by atoms with Crippen molar-refractivity contribution in [2.24, 2.45) is 0 Å². The number of halogens is 1. The molecule has 2 amide bonds. The summed E-state index contributed by atoms with van der Waals surface area (Å²) in [5.74, 6) is -1.73. The lowest BCUT2D eigenvalue weighted by Crippen LogP contribution is -2.39. The Morgan fingerprint density at radius 1 is 1.31 bits per heavy atom. The molecule has 1 atom stereocenters. The molecule has 0 fully saturated rings. The first-order valence-corrected chi connectivity index (χ1v) is 13.0. The van der Waals surface area contributed by atoms with Gasteiger partial charge >= 0.3 is 6.09 Å². The number of amides is 2. The van der Waals surface area contributed by atoms with Gasteiger partial charge in [-0.2, -0.15) is 0 Å². The maximum Gasteiger partial charge on any atom is 0.410 e. The highest BCUT2D eigenvalue weighted by Gasteiger charge is 2.33. The molecule has 0 spiro atoms. The zero-order valence-electron chi connectivity index (χ0n) is 23.3. The maximum absolute atomic E-state index is 14.0. The van der Waals surface area contributed by atoms with Crippen molar-refractivity contribution in [2.75, 3.05) is 25.5 Å². The lowest BCUT2D eigenvalue weighted by atomic mass is 10.1. The summed E-state index contributed by atoms with van der Waals surface area (Å²) < 4.78 is 20.8. The molecule has 3 rings (SSSR count). The van der Waals surface area contributed by atoms with Crippen LogP contribution in [0.2, 0.25) is 0 Å². The summed E-state index contributed by atoms with van der Waals surface area (Å²) in [5.41, 5.74) is -0.664. The summed E-state index contributed by atoms with van der Waals surface area (Å²) in [6, 6.07) is 3.62. The monoisotopic (exact) mass is 543 g/mol. The van der Waals surface area contributed by atoms with Gasteiger partial charge in [0.15, 0.2) is 5.69 Å². The summed E-state index contributed by atoms with van der Waals surface area (Å²) in [7, 11) is 3.37. The average Bonchev–Trinajstić information content (AvgIpc) is 3.09. The van der Waals surface area contributed by atoms with Gasteiger partial charge < -0.3 is 25.0 Å². The fourth-order valence-electron chi connectivity index (χ4n) is 4.46. The molecular weight excluding hydrogens is 505 g/mol. The van der Waals surface area contributed by atoms with Crippen molar-refractivity contribution in [3.63, 3.8) is 0 Å². The van der Waals surface area contributed by atoms with E-state index in [1.807, 2.05) is 11.9 Å².